The first kappa shape index (κ1) is 48.8. The molecule has 53 heavy (non-hydrogen) atoms. The lowest BCUT2D eigenvalue weighted by Crippen LogP contribution is -2.57. The molecule has 2 rings (SSSR count). The molecule has 0 aliphatic carbocycles. The fraction of sp³-hybridized carbons (Fsp3) is 0.956. The first-order chi connectivity index (χ1) is 25.5. The summed E-state index contributed by atoms with van der Waals surface area (Å²) < 4.78 is 37.3. The molecule has 6 nitrogen and oxygen atoms in total. The predicted molar refractivity (Wildman–Crippen MR) is 230 cm³/mol. The normalized spacial score (nSPS) is 20.9. The maximum absolute atomic E-state index is 6.29. The van der Waals surface area contributed by atoms with Crippen LogP contribution in [0.2, 0.25) is 0 Å². The van der Waals surface area contributed by atoms with E-state index in [2.05, 4.69) is 41.5 Å². The molecule has 0 aromatic heterocycles. The second-order valence-corrected chi connectivity index (χ2v) is 18.9. The molecule has 0 N–H and O–H groups in total. The van der Waals surface area contributed by atoms with Crippen LogP contribution in [0.3, 0.4) is 0 Å². The summed E-state index contributed by atoms with van der Waals surface area (Å²) >= 11 is 11.1. The summed E-state index contributed by atoms with van der Waals surface area (Å²) in [5.41, 5.74) is -0.965. The Hall–Kier alpha value is -0.380. The highest BCUT2D eigenvalue weighted by Crippen LogP contribution is 2.39. The van der Waals surface area contributed by atoms with Gasteiger partial charge in [-0.2, -0.15) is 0 Å². The highest BCUT2D eigenvalue weighted by molar-refractivity contribution is 7.80. The summed E-state index contributed by atoms with van der Waals surface area (Å²) in [4.78, 5) is 0. The molecule has 0 radical (unpaired) electrons. The topological polar surface area (TPSA) is 55.4 Å². The van der Waals surface area contributed by atoms with Gasteiger partial charge in [0.1, 0.15) is 0 Å². The summed E-state index contributed by atoms with van der Waals surface area (Å²) in [5.74, 6) is 0. The summed E-state index contributed by atoms with van der Waals surface area (Å²) in [7, 11) is 0. The van der Waals surface area contributed by atoms with Gasteiger partial charge in [0.25, 0.3) is 0 Å². The van der Waals surface area contributed by atoms with Crippen molar-refractivity contribution in [3.8, 4) is 0 Å². The van der Waals surface area contributed by atoms with Crippen LogP contribution in [0.4, 0.5) is 0 Å². The third-order valence-electron chi connectivity index (χ3n) is 11.1. The first-order valence-electron chi connectivity index (χ1n) is 22.3. The molecule has 0 aromatic rings. The molecule has 0 amide bonds. The van der Waals surface area contributed by atoms with E-state index in [1.165, 1.54) is 141 Å². The van der Waals surface area contributed by atoms with Crippen molar-refractivity contribution in [2.45, 2.75) is 221 Å². The largest absolute Gasteiger partial charge is 0.486 e. The quantitative estimate of drug-likeness (QED) is 0.0494. The Morgan fingerprint density at radius 2 is 0.698 bits per heavy atom. The number of hydrogen-bond donors (Lipinski definition) is 0. The Bertz CT molecular complexity index is 846. The summed E-state index contributed by atoms with van der Waals surface area (Å²) in [5, 5.41) is 1.41. The molecule has 1 spiro atoms. The molecule has 0 atom stereocenters. The fourth-order valence-electron chi connectivity index (χ4n) is 7.29. The van der Waals surface area contributed by atoms with Gasteiger partial charge in [0.05, 0.1) is 45.1 Å². The Morgan fingerprint density at radius 3 is 0.962 bits per heavy atom. The minimum Gasteiger partial charge on any atom is -0.486 e. The number of hydrogen-bond acceptors (Lipinski definition) is 8. The van der Waals surface area contributed by atoms with Gasteiger partial charge in [0.2, 0.25) is 0 Å². The van der Waals surface area contributed by atoms with Gasteiger partial charge in [-0.15, -0.1) is 0 Å². The molecule has 0 aromatic carbocycles. The van der Waals surface area contributed by atoms with Gasteiger partial charge in [0, 0.05) is 23.7 Å². The molecule has 2 heterocycles. The van der Waals surface area contributed by atoms with E-state index in [1.54, 1.807) is 0 Å². The number of rotatable bonds is 32. The van der Waals surface area contributed by atoms with Crippen molar-refractivity contribution in [1.29, 1.82) is 0 Å². The Labute approximate surface area is 338 Å². The van der Waals surface area contributed by atoms with Gasteiger partial charge in [-0.05, 0) is 37.3 Å². The molecule has 2 aliphatic heterocycles. The summed E-state index contributed by atoms with van der Waals surface area (Å²) in [6.45, 7) is 16.1. The molecule has 0 unspecified atom stereocenters. The SMILES string of the molecule is CCCCCCCCCCCCCCC(=S)OCC(C)(C)C1OCC2(CO1)COC(C(C)(C)COC(=S)CCCCCCCCCCCCCC)OC2. The van der Waals surface area contributed by atoms with Gasteiger partial charge in [-0.25, -0.2) is 0 Å². The van der Waals surface area contributed by atoms with E-state index in [0.717, 1.165) is 25.7 Å². The number of ether oxygens (including phenoxy) is 6. The van der Waals surface area contributed by atoms with E-state index in [1.807, 2.05) is 0 Å². The van der Waals surface area contributed by atoms with Crippen LogP contribution in [0.1, 0.15) is 208 Å². The maximum Gasteiger partial charge on any atom is 0.165 e. The van der Waals surface area contributed by atoms with E-state index in [-0.39, 0.29) is 28.8 Å². The standard InChI is InChI=1S/C45H84O6S2/c1-7-9-11-13-15-17-19-21-23-25-27-29-31-39(52)46-33-43(3,4)41-48-35-45(36-49-41)37-50-42(51-38-45)44(5,6)34-47-40(53)32-30-28-26-24-22-20-18-16-14-12-10-8-2/h41-42H,7-38H2,1-6H3. The second kappa shape index (κ2) is 28.9. The van der Waals surface area contributed by atoms with Gasteiger partial charge in [-0.3, -0.25) is 0 Å². The molecular formula is C45H84O6S2. The van der Waals surface area contributed by atoms with Crippen LogP contribution < -0.4 is 0 Å². The lowest BCUT2D eigenvalue weighted by atomic mass is 9.86. The van der Waals surface area contributed by atoms with Crippen LogP contribution in [-0.2, 0) is 28.4 Å². The van der Waals surface area contributed by atoms with Gasteiger partial charge in [-0.1, -0.05) is 183 Å². The lowest BCUT2D eigenvalue weighted by molar-refractivity contribution is -0.336. The van der Waals surface area contributed by atoms with Crippen LogP contribution in [0.25, 0.3) is 0 Å². The zero-order chi connectivity index (χ0) is 38.7. The van der Waals surface area contributed by atoms with Gasteiger partial charge in [0.15, 0.2) is 22.7 Å². The van der Waals surface area contributed by atoms with Crippen molar-refractivity contribution in [2.75, 3.05) is 39.6 Å². The van der Waals surface area contributed by atoms with Crippen LogP contribution in [0.5, 0.6) is 0 Å². The monoisotopic (exact) mass is 785 g/mol. The zero-order valence-electron chi connectivity index (χ0n) is 35.5. The van der Waals surface area contributed by atoms with E-state index in [4.69, 9.17) is 52.9 Å². The lowest BCUT2D eigenvalue weighted by Gasteiger charge is -2.48. The van der Waals surface area contributed by atoms with E-state index < -0.39 is 0 Å². The van der Waals surface area contributed by atoms with Crippen molar-refractivity contribution >= 4 is 34.5 Å². The average molecular weight is 785 g/mol. The Kier molecular flexibility index (Phi) is 26.6. The number of thiocarbonyl (C=S) groups is 2. The van der Waals surface area contributed by atoms with Crippen molar-refractivity contribution in [3.05, 3.63) is 0 Å². The van der Waals surface area contributed by atoms with Crippen molar-refractivity contribution < 1.29 is 28.4 Å². The van der Waals surface area contributed by atoms with Crippen LogP contribution in [0.15, 0.2) is 0 Å². The Morgan fingerprint density at radius 1 is 0.453 bits per heavy atom. The molecule has 2 saturated heterocycles. The van der Waals surface area contributed by atoms with Crippen LogP contribution in [0, 0.1) is 16.2 Å². The molecule has 2 aliphatic rings. The minimum atomic E-state index is -0.365. The third-order valence-corrected chi connectivity index (χ3v) is 11.8. The van der Waals surface area contributed by atoms with Crippen LogP contribution in [-0.4, -0.2) is 62.3 Å². The van der Waals surface area contributed by atoms with E-state index in [0.29, 0.717) is 49.7 Å². The molecule has 2 fully saturated rings. The fourth-order valence-corrected chi connectivity index (χ4v) is 7.70. The first-order valence-corrected chi connectivity index (χ1v) is 23.1. The van der Waals surface area contributed by atoms with Crippen LogP contribution >= 0.6 is 24.4 Å². The zero-order valence-corrected chi connectivity index (χ0v) is 37.2. The van der Waals surface area contributed by atoms with Gasteiger partial charge >= 0.3 is 0 Å². The molecule has 8 heteroatoms. The van der Waals surface area contributed by atoms with Crippen molar-refractivity contribution in [1.82, 2.24) is 0 Å². The number of unbranched alkanes of at least 4 members (excludes halogenated alkanes) is 22. The van der Waals surface area contributed by atoms with E-state index in [9.17, 15) is 0 Å². The molecule has 0 bridgehead atoms. The molecule has 312 valence electrons. The highest BCUT2D eigenvalue weighted by Gasteiger charge is 2.48. The Balaban J connectivity index is 1.51. The van der Waals surface area contributed by atoms with Crippen molar-refractivity contribution in [2.24, 2.45) is 16.2 Å². The second-order valence-electron chi connectivity index (χ2n) is 18.0. The van der Waals surface area contributed by atoms with Crippen molar-refractivity contribution in [3.63, 3.8) is 0 Å². The summed E-state index contributed by atoms with van der Waals surface area (Å²) in [6, 6.07) is 0. The average Bonchev–Trinajstić information content (AvgIpc) is 3.14. The molecule has 0 saturated carbocycles. The minimum absolute atomic E-state index is 0.311. The summed E-state index contributed by atoms with van der Waals surface area (Å²) in [6.07, 6.45) is 33.1. The van der Waals surface area contributed by atoms with Gasteiger partial charge < -0.3 is 28.4 Å². The third kappa shape index (κ3) is 22.2. The predicted octanol–water partition coefficient (Wildman–Crippen LogP) is 13.6. The highest BCUT2D eigenvalue weighted by atomic mass is 32.1. The maximum atomic E-state index is 6.29. The van der Waals surface area contributed by atoms with E-state index >= 15 is 0 Å². The smallest absolute Gasteiger partial charge is 0.165 e. The molecular weight excluding hydrogens is 701 g/mol.